The predicted molar refractivity (Wildman–Crippen MR) is 108 cm³/mol. The van der Waals surface area contributed by atoms with Crippen LogP contribution in [0.1, 0.15) is 56.7 Å². The largest absolute Gasteiger partial charge is 0.325 e. The number of anilines is 1. The molecule has 25 heavy (non-hydrogen) atoms. The molecule has 1 aromatic heterocycles. The molecule has 2 N–H and O–H groups in total. The molecule has 0 saturated carbocycles. The van der Waals surface area contributed by atoms with E-state index < -0.39 is 5.41 Å². The minimum atomic E-state index is -0.410. The molecule has 0 bridgehead atoms. The van der Waals surface area contributed by atoms with E-state index in [0.717, 1.165) is 17.7 Å². The number of aryl methyl sites for hydroxylation is 1. The summed E-state index contributed by atoms with van der Waals surface area (Å²) in [6.07, 6.45) is 0.847. The molecule has 0 fully saturated rings. The zero-order valence-electron chi connectivity index (χ0n) is 16.1. The first kappa shape index (κ1) is 19.7. The molecule has 4 heteroatoms. The van der Waals surface area contributed by atoms with Crippen LogP contribution in [0.5, 0.6) is 0 Å². The summed E-state index contributed by atoms with van der Waals surface area (Å²) in [6, 6.07) is 10.9. The van der Waals surface area contributed by atoms with Gasteiger partial charge in [-0.25, -0.2) is 0 Å². The second kappa shape index (κ2) is 8.15. The van der Waals surface area contributed by atoms with Gasteiger partial charge in [-0.3, -0.25) is 4.79 Å². The number of nitrogens with one attached hydrogen (secondary N) is 2. The van der Waals surface area contributed by atoms with Gasteiger partial charge in [0, 0.05) is 28.1 Å². The van der Waals surface area contributed by atoms with Crippen LogP contribution < -0.4 is 10.6 Å². The van der Waals surface area contributed by atoms with E-state index in [1.54, 1.807) is 11.3 Å². The molecule has 1 amide bonds. The van der Waals surface area contributed by atoms with Crippen LogP contribution in [-0.2, 0) is 11.2 Å². The number of rotatable bonds is 6. The minimum Gasteiger partial charge on any atom is -0.325 e. The van der Waals surface area contributed by atoms with Crippen molar-refractivity contribution in [1.29, 1.82) is 0 Å². The van der Waals surface area contributed by atoms with Gasteiger partial charge in [-0.05, 0) is 42.0 Å². The van der Waals surface area contributed by atoms with Crippen LogP contribution in [0.25, 0.3) is 0 Å². The van der Waals surface area contributed by atoms with Gasteiger partial charge < -0.3 is 10.6 Å². The van der Waals surface area contributed by atoms with Crippen molar-refractivity contribution in [1.82, 2.24) is 5.32 Å². The number of para-hydroxylation sites is 1. The van der Waals surface area contributed by atoms with Crippen molar-refractivity contribution in [2.75, 3.05) is 5.32 Å². The van der Waals surface area contributed by atoms with Crippen LogP contribution in [0.3, 0.4) is 0 Å². The Balaban J connectivity index is 2.28. The molecule has 1 atom stereocenters. The number of carbonyl (C=O) groups excluding carboxylic acids is 1. The van der Waals surface area contributed by atoms with E-state index in [0.29, 0.717) is 6.04 Å². The van der Waals surface area contributed by atoms with E-state index in [9.17, 15) is 4.79 Å². The Kier molecular flexibility index (Phi) is 6.42. The summed E-state index contributed by atoms with van der Waals surface area (Å²) in [6.45, 7) is 12.3. The molecule has 1 aromatic carbocycles. The van der Waals surface area contributed by atoms with E-state index in [-0.39, 0.29) is 11.9 Å². The van der Waals surface area contributed by atoms with Crippen molar-refractivity contribution in [3.63, 3.8) is 0 Å². The van der Waals surface area contributed by atoms with Crippen molar-refractivity contribution in [2.24, 2.45) is 5.41 Å². The fourth-order valence-electron chi connectivity index (χ4n) is 2.72. The van der Waals surface area contributed by atoms with E-state index in [2.05, 4.69) is 48.9 Å². The molecule has 136 valence electrons. The van der Waals surface area contributed by atoms with Crippen LogP contribution in [0, 0.1) is 12.3 Å². The summed E-state index contributed by atoms with van der Waals surface area (Å²) in [5.41, 5.74) is 2.98. The predicted octanol–water partition coefficient (Wildman–Crippen LogP) is 5.32. The second-order valence-corrected chi connectivity index (χ2v) is 8.85. The van der Waals surface area contributed by atoms with Crippen molar-refractivity contribution in [3.05, 3.63) is 51.7 Å². The third kappa shape index (κ3) is 5.41. The van der Waals surface area contributed by atoms with Crippen molar-refractivity contribution in [3.8, 4) is 0 Å². The monoisotopic (exact) mass is 358 g/mol. The first-order valence-corrected chi connectivity index (χ1v) is 9.76. The van der Waals surface area contributed by atoms with Crippen LogP contribution in [-0.4, -0.2) is 11.9 Å². The number of benzene rings is 1. The fourth-order valence-corrected chi connectivity index (χ4v) is 3.71. The molecule has 3 nitrogen and oxygen atoms in total. The first-order valence-electron chi connectivity index (χ1n) is 8.88. The van der Waals surface area contributed by atoms with Gasteiger partial charge in [0.05, 0.1) is 0 Å². The Bertz CT molecular complexity index is 713. The van der Waals surface area contributed by atoms with Gasteiger partial charge in [0.2, 0.25) is 5.91 Å². The summed E-state index contributed by atoms with van der Waals surface area (Å²) in [4.78, 5) is 13.8. The van der Waals surface area contributed by atoms with Gasteiger partial charge in [-0.15, -0.1) is 11.3 Å². The quantitative estimate of drug-likeness (QED) is 0.733. The Hall–Kier alpha value is -1.65. The molecular formula is C21H30N2OS. The van der Waals surface area contributed by atoms with Gasteiger partial charge in [0.1, 0.15) is 0 Å². The maximum Gasteiger partial charge on any atom is 0.229 e. The molecule has 0 saturated heterocycles. The summed E-state index contributed by atoms with van der Waals surface area (Å²) in [5.74, 6) is 0.0422. The summed E-state index contributed by atoms with van der Waals surface area (Å²) < 4.78 is 0. The molecular weight excluding hydrogens is 328 g/mol. The molecule has 0 radical (unpaired) electrons. The van der Waals surface area contributed by atoms with Crippen LogP contribution in [0.2, 0.25) is 0 Å². The molecule has 0 aliphatic heterocycles. The maximum absolute atomic E-state index is 12.4. The van der Waals surface area contributed by atoms with Crippen molar-refractivity contribution >= 4 is 22.9 Å². The topological polar surface area (TPSA) is 41.1 Å². The average molecular weight is 359 g/mol. The summed E-state index contributed by atoms with van der Waals surface area (Å²) >= 11 is 1.79. The lowest BCUT2D eigenvalue weighted by Crippen LogP contribution is -2.31. The van der Waals surface area contributed by atoms with E-state index >= 15 is 0 Å². The highest BCUT2D eigenvalue weighted by Crippen LogP contribution is 2.30. The lowest BCUT2D eigenvalue weighted by Gasteiger charge is -2.24. The average Bonchev–Trinajstić information content (AvgIpc) is 2.93. The first-order chi connectivity index (χ1) is 11.7. The Morgan fingerprint density at radius 2 is 1.84 bits per heavy atom. The zero-order chi connectivity index (χ0) is 18.6. The van der Waals surface area contributed by atoms with E-state index in [4.69, 9.17) is 0 Å². The lowest BCUT2D eigenvalue weighted by atomic mass is 9.94. The zero-order valence-corrected chi connectivity index (χ0v) is 17.0. The lowest BCUT2D eigenvalue weighted by molar-refractivity contribution is -0.123. The molecule has 0 spiro atoms. The molecule has 0 aliphatic carbocycles. The summed E-state index contributed by atoms with van der Waals surface area (Å²) in [7, 11) is 0. The molecule has 2 aromatic rings. The maximum atomic E-state index is 12.4. The number of hydrogen-bond acceptors (Lipinski definition) is 3. The number of carbonyl (C=O) groups is 1. The summed E-state index contributed by atoms with van der Waals surface area (Å²) in [5, 5.41) is 8.93. The molecule has 1 unspecified atom stereocenters. The van der Waals surface area contributed by atoms with Gasteiger partial charge in [-0.2, -0.15) is 0 Å². The highest BCUT2D eigenvalue weighted by Gasteiger charge is 2.23. The third-order valence-corrected chi connectivity index (χ3v) is 5.26. The third-order valence-electron chi connectivity index (χ3n) is 4.12. The smallest absolute Gasteiger partial charge is 0.229 e. The number of hydrogen-bond donors (Lipinski definition) is 2. The normalized spacial score (nSPS) is 13.1. The Labute approximate surface area is 155 Å². The van der Waals surface area contributed by atoms with Crippen molar-refractivity contribution in [2.45, 2.75) is 60.0 Å². The van der Waals surface area contributed by atoms with Gasteiger partial charge in [-0.1, -0.05) is 52.8 Å². The van der Waals surface area contributed by atoms with Gasteiger partial charge in [0.25, 0.3) is 0 Å². The number of thiophene rings is 1. The SMILES string of the molecule is Cc1ccsc1C(Cc1ccccc1NC(=O)C(C)(C)C)NC(C)C. The highest BCUT2D eigenvalue weighted by atomic mass is 32.1. The number of amides is 1. The van der Waals surface area contributed by atoms with Gasteiger partial charge >= 0.3 is 0 Å². The molecule has 1 heterocycles. The molecule has 0 aliphatic rings. The molecule has 2 rings (SSSR count). The Morgan fingerprint density at radius 1 is 1.16 bits per heavy atom. The highest BCUT2D eigenvalue weighted by molar-refractivity contribution is 7.10. The van der Waals surface area contributed by atoms with Gasteiger partial charge in [0.15, 0.2) is 0 Å². The minimum absolute atomic E-state index is 0.0422. The second-order valence-electron chi connectivity index (χ2n) is 7.91. The van der Waals surface area contributed by atoms with Crippen LogP contribution in [0.4, 0.5) is 5.69 Å². The van der Waals surface area contributed by atoms with E-state index in [1.807, 2.05) is 39.0 Å². The van der Waals surface area contributed by atoms with Crippen LogP contribution in [0.15, 0.2) is 35.7 Å². The standard InChI is InChI=1S/C21H30N2OS/c1-14(2)22-18(19-15(3)11-12-25-19)13-16-9-7-8-10-17(16)23-20(24)21(4,5)6/h7-12,14,18,22H,13H2,1-6H3,(H,23,24). The van der Waals surface area contributed by atoms with E-state index in [1.165, 1.54) is 10.4 Å². The Morgan fingerprint density at radius 3 is 2.40 bits per heavy atom. The van der Waals surface area contributed by atoms with Crippen molar-refractivity contribution < 1.29 is 4.79 Å². The van der Waals surface area contributed by atoms with Crippen LogP contribution >= 0.6 is 11.3 Å². The fraction of sp³-hybridized carbons (Fsp3) is 0.476.